The van der Waals surface area contributed by atoms with Crippen LogP contribution >= 0.6 is 0 Å². The summed E-state index contributed by atoms with van der Waals surface area (Å²) < 4.78 is 0. The molecule has 0 rings (SSSR count). The molecule has 0 aromatic heterocycles. The first-order chi connectivity index (χ1) is 4.04. The lowest BCUT2D eigenvalue weighted by Crippen LogP contribution is -2.36. The molecule has 0 aliphatic carbocycles. The molecular weight excluding hydrogens is 112 g/mol. The van der Waals surface area contributed by atoms with Gasteiger partial charge in [0.2, 0.25) is 0 Å². The van der Waals surface area contributed by atoms with Crippen LogP contribution in [0.4, 0.5) is 0 Å². The van der Waals surface area contributed by atoms with Crippen molar-refractivity contribution in [1.29, 1.82) is 0 Å². The first kappa shape index (κ1) is 8.24. The van der Waals surface area contributed by atoms with Crippen LogP contribution in [-0.4, -0.2) is 6.17 Å². The van der Waals surface area contributed by atoms with Crippen LogP contribution in [-0.2, 0) is 0 Å². The second kappa shape index (κ2) is 3.30. The second-order valence-corrected chi connectivity index (χ2v) is 2.25. The molecule has 0 spiro atoms. The summed E-state index contributed by atoms with van der Waals surface area (Å²) in [6, 6.07) is 0. The van der Waals surface area contributed by atoms with Crippen LogP contribution in [0.1, 0.15) is 13.8 Å². The lowest BCUT2D eigenvalue weighted by atomic mass is 10.3. The second-order valence-electron chi connectivity index (χ2n) is 2.25. The van der Waals surface area contributed by atoms with E-state index in [1.807, 2.05) is 13.8 Å². The maximum absolute atomic E-state index is 5.55. The molecule has 0 radical (unpaired) electrons. The molecule has 0 saturated heterocycles. The Morgan fingerprint density at radius 1 is 1.44 bits per heavy atom. The quantitative estimate of drug-likeness (QED) is 0.437. The van der Waals surface area contributed by atoms with Crippen molar-refractivity contribution in [3.8, 4) is 0 Å². The smallest absolute Gasteiger partial charge is 0.0957 e. The number of nitrogens with one attached hydrogen (secondary N) is 1. The lowest BCUT2D eigenvalue weighted by molar-refractivity contribution is 0.668. The number of rotatable bonds is 3. The third-order valence-corrected chi connectivity index (χ3v) is 0.933. The average Bonchev–Trinajstić information content (AvgIpc) is 1.63. The Morgan fingerprint density at radius 3 is 2.00 bits per heavy atom. The van der Waals surface area contributed by atoms with Crippen LogP contribution in [0.3, 0.4) is 0 Å². The van der Waals surface area contributed by atoms with E-state index < -0.39 is 0 Å². The third kappa shape index (κ3) is 3.79. The van der Waals surface area contributed by atoms with E-state index >= 15 is 0 Å². The standard InChI is InChI=1S/C7H14N2/c1-5(2)7(8)9-6(3)4/h7,9H,1,3,8H2,2,4H3. The zero-order valence-electron chi connectivity index (χ0n) is 6.07. The summed E-state index contributed by atoms with van der Waals surface area (Å²) in [5, 5.41) is 2.93. The van der Waals surface area contributed by atoms with Crippen LogP contribution in [0, 0.1) is 0 Å². The molecule has 0 heterocycles. The van der Waals surface area contributed by atoms with Crippen LogP contribution in [0.5, 0.6) is 0 Å². The summed E-state index contributed by atoms with van der Waals surface area (Å²) in [4.78, 5) is 0. The highest BCUT2D eigenvalue weighted by atomic mass is 15.0. The fourth-order valence-electron chi connectivity index (χ4n) is 0.389. The molecule has 0 aliphatic rings. The van der Waals surface area contributed by atoms with E-state index in [4.69, 9.17) is 5.73 Å². The van der Waals surface area contributed by atoms with Crippen molar-refractivity contribution in [3.05, 3.63) is 24.4 Å². The minimum absolute atomic E-state index is 0.150. The molecule has 2 nitrogen and oxygen atoms in total. The number of nitrogens with two attached hydrogens (primary N) is 1. The van der Waals surface area contributed by atoms with Gasteiger partial charge in [0.25, 0.3) is 0 Å². The minimum Gasteiger partial charge on any atom is -0.371 e. The largest absolute Gasteiger partial charge is 0.371 e. The van der Waals surface area contributed by atoms with Crippen LogP contribution in [0.15, 0.2) is 24.4 Å². The van der Waals surface area contributed by atoms with Crippen molar-refractivity contribution >= 4 is 0 Å². The molecule has 0 bridgehead atoms. The van der Waals surface area contributed by atoms with Crippen molar-refractivity contribution < 1.29 is 0 Å². The van der Waals surface area contributed by atoms with Gasteiger partial charge < -0.3 is 11.1 Å². The Morgan fingerprint density at radius 2 is 1.89 bits per heavy atom. The van der Waals surface area contributed by atoms with Gasteiger partial charge in [-0.1, -0.05) is 13.2 Å². The minimum atomic E-state index is -0.150. The van der Waals surface area contributed by atoms with Crippen molar-refractivity contribution in [2.45, 2.75) is 20.0 Å². The number of allylic oxidation sites excluding steroid dienone is 1. The third-order valence-electron chi connectivity index (χ3n) is 0.933. The summed E-state index contributed by atoms with van der Waals surface area (Å²) in [6.07, 6.45) is -0.150. The zero-order valence-corrected chi connectivity index (χ0v) is 6.07. The molecule has 0 fully saturated rings. The van der Waals surface area contributed by atoms with Crippen LogP contribution < -0.4 is 11.1 Å². The van der Waals surface area contributed by atoms with E-state index in [0.717, 1.165) is 11.3 Å². The lowest BCUT2D eigenvalue weighted by Gasteiger charge is -2.13. The molecule has 1 unspecified atom stereocenters. The van der Waals surface area contributed by atoms with Crippen molar-refractivity contribution in [1.82, 2.24) is 5.32 Å². The van der Waals surface area contributed by atoms with Gasteiger partial charge in [-0.2, -0.15) is 0 Å². The molecule has 52 valence electrons. The first-order valence-electron chi connectivity index (χ1n) is 2.87. The molecule has 0 aliphatic heterocycles. The summed E-state index contributed by atoms with van der Waals surface area (Å²) in [5.41, 5.74) is 7.33. The maximum atomic E-state index is 5.55. The van der Waals surface area contributed by atoms with Gasteiger partial charge in [0, 0.05) is 5.70 Å². The fraction of sp³-hybridized carbons (Fsp3) is 0.429. The van der Waals surface area contributed by atoms with E-state index in [1.165, 1.54) is 0 Å². The highest BCUT2D eigenvalue weighted by molar-refractivity contribution is 5.02. The van der Waals surface area contributed by atoms with Gasteiger partial charge >= 0.3 is 0 Å². The number of hydrogen-bond donors (Lipinski definition) is 2. The van der Waals surface area contributed by atoms with E-state index in [9.17, 15) is 0 Å². The van der Waals surface area contributed by atoms with Gasteiger partial charge in [-0.3, -0.25) is 0 Å². The van der Waals surface area contributed by atoms with Gasteiger partial charge in [0.1, 0.15) is 0 Å². The Bertz CT molecular complexity index is 127. The predicted octanol–water partition coefficient (Wildman–Crippen LogP) is 0.970. The molecule has 0 amide bonds. The first-order valence-corrected chi connectivity index (χ1v) is 2.87. The summed E-state index contributed by atoms with van der Waals surface area (Å²) >= 11 is 0. The molecule has 1 atom stereocenters. The van der Waals surface area contributed by atoms with E-state index in [2.05, 4.69) is 18.5 Å². The van der Waals surface area contributed by atoms with Gasteiger partial charge in [-0.05, 0) is 19.4 Å². The van der Waals surface area contributed by atoms with E-state index in [1.54, 1.807) is 0 Å². The Kier molecular flexibility index (Phi) is 3.02. The van der Waals surface area contributed by atoms with Crippen molar-refractivity contribution in [2.24, 2.45) is 5.73 Å². The zero-order chi connectivity index (χ0) is 7.44. The molecule has 9 heavy (non-hydrogen) atoms. The van der Waals surface area contributed by atoms with E-state index in [-0.39, 0.29) is 6.17 Å². The Balaban J connectivity index is 3.63. The van der Waals surface area contributed by atoms with E-state index in [0.29, 0.717) is 0 Å². The molecule has 0 saturated carbocycles. The topological polar surface area (TPSA) is 38.0 Å². The van der Waals surface area contributed by atoms with Gasteiger partial charge in [-0.15, -0.1) is 0 Å². The normalized spacial score (nSPS) is 12.3. The highest BCUT2D eigenvalue weighted by Crippen LogP contribution is 1.91. The predicted molar refractivity (Wildman–Crippen MR) is 40.7 cm³/mol. The maximum Gasteiger partial charge on any atom is 0.0957 e. The molecule has 0 aromatic rings. The van der Waals surface area contributed by atoms with Gasteiger partial charge in [0.15, 0.2) is 0 Å². The molecule has 0 aromatic carbocycles. The highest BCUT2D eigenvalue weighted by Gasteiger charge is 1.98. The molecule has 2 heteroatoms. The molecule has 3 N–H and O–H groups in total. The monoisotopic (exact) mass is 126 g/mol. The average molecular weight is 126 g/mol. The van der Waals surface area contributed by atoms with Crippen LogP contribution in [0.25, 0.3) is 0 Å². The van der Waals surface area contributed by atoms with Crippen molar-refractivity contribution in [2.75, 3.05) is 0 Å². The van der Waals surface area contributed by atoms with Crippen LogP contribution in [0.2, 0.25) is 0 Å². The summed E-state index contributed by atoms with van der Waals surface area (Å²) in [7, 11) is 0. The van der Waals surface area contributed by atoms with Crippen molar-refractivity contribution in [3.63, 3.8) is 0 Å². The Labute approximate surface area is 56.4 Å². The van der Waals surface area contributed by atoms with Gasteiger partial charge in [0.05, 0.1) is 6.17 Å². The fourth-order valence-corrected chi connectivity index (χ4v) is 0.389. The molecular formula is C7H14N2. The Hall–Kier alpha value is -0.760. The van der Waals surface area contributed by atoms with Gasteiger partial charge in [-0.25, -0.2) is 0 Å². The number of hydrogen-bond acceptors (Lipinski definition) is 2. The summed E-state index contributed by atoms with van der Waals surface area (Å²) in [5.74, 6) is 0. The SMILES string of the molecule is C=C(C)NC(N)C(=C)C. The summed E-state index contributed by atoms with van der Waals surface area (Å²) in [6.45, 7) is 11.1.